The monoisotopic (exact) mass is 477 g/mol. The van der Waals surface area contributed by atoms with Crippen LogP contribution in [0.2, 0.25) is 0 Å². The molecule has 2 N–H and O–H groups in total. The van der Waals surface area contributed by atoms with Crippen LogP contribution in [0.1, 0.15) is 24.0 Å². The van der Waals surface area contributed by atoms with Crippen molar-refractivity contribution in [3.8, 4) is 0 Å². The highest BCUT2D eigenvalue weighted by molar-refractivity contribution is 5.94. The highest BCUT2D eigenvalue weighted by Crippen LogP contribution is 2.21. The lowest BCUT2D eigenvalue weighted by atomic mass is 9.99. The molecule has 3 aromatic rings. The molecule has 0 bridgehead atoms. The van der Waals surface area contributed by atoms with E-state index in [1.54, 1.807) is 6.20 Å². The number of piperidine rings is 1. The van der Waals surface area contributed by atoms with E-state index in [-0.39, 0.29) is 38.2 Å². The van der Waals surface area contributed by atoms with E-state index < -0.39 is 30.1 Å². The third kappa shape index (κ3) is 5.68. The summed E-state index contributed by atoms with van der Waals surface area (Å²) in [7, 11) is 1.25. The molecule has 0 radical (unpaired) electrons. The number of Topliss-reactive ketones (excluding diaryl/α,β-unsaturated/α-hetero) is 1. The van der Waals surface area contributed by atoms with E-state index in [1.807, 2.05) is 54.6 Å². The molecule has 2 heterocycles. The van der Waals surface area contributed by atoms with Gasteiger partial charge in [0.2, 0.25) is 5.91 Å². The minimum absolute atomic E-state index is 0.0179. The van der Waals surface area contributed by atoms with Gasteiger partial charge < -0.3 is 19.8 Å². The number of rotatable bonds is 7. The zero-order valence-corrected chi connectivity index (χ0v) is 19.4. The first-order valence-electron chi connectivity index (χ1n) is 11.4. The lowest BCUT2D eigenvalue weighted by molar-refractivity contribution is -0.146. The normalized spacial score (nSPS) is 16.5. The summed E-state index contributed by atoms with van der Waals surface area (Å²) in [5.74, 6) is -1.30. The fourth-order valence-electron chi connectivity index (χ4n) is 4.22. The van der Waals surface area contributed by atoms with Crippen LogP contribution in [0.25, 0.3) is 10.9 Å². The Balaban J connectivity index is 1.47. The van der Waals surface area contributed by atoms with Gasteiger partial charge in [-0.1, -0.05) is 48.5 Å². The average molecular weight is 478 g/mol. The highest BCUT2D eigenvalue weighted by atomic mass is 16.6. The molecule has 2 amide bonds. The molecule has 1 saturated heterocycles. The lowest BCUT2D eigenvalue weighted by Crippen LogP contribution is -2.57. The molecule has 182 valence electrons. The highest BCUT2D eigenvalue weighted by Gasteiger charge is 2.38. The molecule has 1 aromatic heterocycles. The van der Waals surface area contributed by atoms with E-state index in [1.165, 1.54) is 7.11 Å². The van der Waals surface area contributed by atoms with E-state index in [2.05, 4.69) is 10.3 Å². The van der Waals surface area contributed by atoms with E-state index in [0.717, 1.165) is 26.9 Å². The summed E-state index contributed by atoms with van der Waals surface area (Å²) in [6.07, 6.45) is 1.54. The molecule has 2 atom stereocenters. The third-order valence-corrected chi connectivity index (χ3v) is 6.06. The molecular weight excluding hydrogens is 450 g/mol. The van der Waals surface area contributed by atoms with Gasteiger partial charge in [0.05, 0.1) is 13.7 Å². The number of hydrogen-bond donors (Lipinski definition) is 2. The van der Waals surface area contributed by atoms with Crippen LogP contribution < -0.4 is 5.32 Å². The van der Waals surface area contributed by atoms with Gasteiger partial charge in [0.1, 0.15) is 18.7 Å². The SMILES string of the molecule is COC(=O)C(Cc1c[nH]c2ccccc12)NC(=O)C1CCC(=O)CN1C(=O)OCc1ccccc1. The number of nitrogens with zero attached hydrogens (tertiary/aromatic N) is 1. The molecular formula is C26H27N3O6. The number of nitrogens with one attached hydrogen (secondary N) is 2. The lowest BCUT2D eigenvalue weighted by Gasteiger charge is -2.33. The summed E-state index contributed by atoms with van der Waals surface area (Å²) in [6, 6.07) is 14.9. The Morgan fingerprint density at radius 2 is 1.86 bits per heavy atom. The molecule has 9 nitrogen and oxygen atoms in total. The fourth-order valence-corrected chi connectivity index (χ4v) is 4.22. The first-order valence-corrected chi connectivity index (χ1v) is 11.4. The maximum absolute atomic E-state index is 13.2. The number of H-pyrrole nitrogens is 1. The number of methoxy groups -OCH3 is 1. The Labute approximate surface area is 202 Å². The molecule has 1 fully saturated rings. The first kappa shape index (κ1) is 24.0. The van der Waals surface area contributed by atoms with Crippen LogP contribution in [-0.4, -0.2) is 59.4 Å². The molecule has 9 heteroatoms. The molecule has 1 aliphatic heterocycles. The van der Waals surface area contributed by atoms with Crippen molar-refractivity contribution in [2.45, 2.75) is 38.0 Å². The number of amides is 2. The summed E-state index contributed by atoms with van der Waals surface area (Å²) < 4.78 is 10.3. The number of ether oxygens (including phenoxy) is 2. The maximum atomic E-state index is 13.2. The molecule has 0 spiro atoms. The van der Waals surface area contributed by atoms with Gasteiger partial charge >= 0.3 is 12.1 Å². The number of benzene rings is 2. The maximum Gasteiger partial charge on any atom is 0.411 e. The minimum Gasteiger partial charge on any atom is -0.467 e. The van der Waals surface area contributed by atoms with Crippen molar-refractivity contribution in [2.75, 3.05) is 13.7 Å². The zero-order valence-electron chi connectivity index (χ0n) is 19.4. The van der Waals surface area contributed by atoms with E-state index in [4.69, 9.17) is 9.47 Å². The Kier molecular flexibility index (Phi) is 7.45. The van der Waals surface area contributed by atoms with Gasteiger partial charge in [-0.3, -0.25) is 14.5 Å². The molecule has 2 unspecified atom stereocenters. The van der Waals surface area contributed by atoms with Gasteiger partial charge in [-0.05, 0) is 23.6 Å². The van der Waals surface area contributed by atoms with Crippen molar-refractivity contribution in [1.82, 2.24) is 15.2 Å². The molecule has 0 aliphatic carbocycles. The molecule has 35 heavy (non-hydrogen) atoms. The number of hydrogen-bond acceptors (Lipinski definition) is 6. The van der Waals surface area contributed by atoms with Crippen molar-refractivity contribution in [3.63, 3.8) is 0 Å². The summed E-state index contributed by atoms with van der Waals surface area (Å²) in [5, 5.41) is 3.66. The minimum atomic E-state index is -0.966. The summed E-state index contributed by atoms with van der Waals surface area (Å²) in [5.41, 5.74) is 2.54. The van der Waals surface area contributed by atoms with E-state index in [0.29, 0.717) is 0 Å². The van der Waals surface area contributed by atoms with Gasteiger partial charge in [0, 0.05) is 29.9 Å². The number of carbonyl (C=O) groups is 4. The van der Waals surface area contributed by atoms with Crippen molar-refractivity contribution in [2.24, 2.45) is 0 Å². The number of carbonyl (C=O) groups excluding carboxylic acids is 4. The van der Waals surface area contributed by atoms with Crippen LogP contribution in [0.5, 0.6) is 0 Å². The third-order valence-electron chi connectivity index (χ3n) is 6.06. The Hall–Kier alpha value is -4.14. The van der Waals surface area contributed by atoms with Gasteiger partial charge in [-0.2, -0.15) is 0 Å². The standard InChI is InChI=1S/C26H27N3O6/c1-34-25(32)22(13-18-14-27-21-10-6-5-9-20(18)21)28-24(31)23-12-11-19(30)15-29(23)26(33)35-16-17-7-3-2-4-8-17/h2-10,14,22-23,27H,11-13,15-16H2,1H3,(H,28,31). The summed E-state index contributed by atoms with van der Waals surface area (Å²) >= 11 is 0. The molecule has 4 rings (SSSR count). The topological polar surface area (TPSA) is 118 Å². The van der Waals surface area contributed by atoms with Crippen LogP contribution >= 0.6 is 0 Å². The predicted octanol–water partition coefficient (Wildman–Crippen LogP) is 2.74. The quantitative estimate of drug-likeness (QED) is 0.506. The number of likely N-dealkylation sites (tertiary alicyclic amines) is 1. The second kappa shape index (κ2) is 10.9. The zero-order chi connectivity index (χ0) is 24.8. The van der Waals surface area contributed by atoms with Crippen LogP contribution in [0, 0.1) is 0 Å². The predicted molar refractivity (Wildman–Crippen MR) is 127 cm³/mol. The fraction of sp³-hybridized carbons (Fsp3) is 0.308. The second-order valence-corrected chi connectivity index (χ2v) is 8.41. The van der Waals surface area contributed by atoms with Crippen molar-refractivity contribution < 1.29 is 28.7 Å². The smallest absolute Gasteiger partial charge is 0.411 e. The Morgan fingerprint density at radius 1 is 1.11 bits per heavy atom. The summed E-state index contributed by atoms with van der Waals surface area (Å²) in [4.78, 5) is 54.9. The number of esters is 1. The number of aromatic nitrogens is 1. The van der Waals surface area contributed by atoms with Gasteiger partial charge in [0.15, 0.2) is 5.78 Å². The molecule has 2 aromatic carbocycles. The van der Waals surface area contributed by atoms with Crippen LogP contribution in [-0.2, 0) is 36.9 Å². The van der Waals surface area contributed by atoms with Gasteiger partial charge in [0.25, 0.3) is 0 Å². The largest absolute Gasteiger partial charge is 0.467 e. The Morgan fingerprint density at radius 3 is 2.63 bits per heavy atom. The Bertz CT molecular complexity index is 1220. The number of aromatic amines is 1. The van der Waals surface area contributed by atoms with Crippen LogP contribution in [0.4, 0.5) is 4.79 Å². The second-order valence-electron chi connectivity index (χ2n) is 8.41. The molecule has 0 saturated carbocycles. The summed E-state index contributed by atoms with van der Waals surface area (Å²) in [6.45, 7) is -0.207. The van der Waals surface area contributed by atoms with Crippen molar-refractivity contribution in [1.29, 1.82) is 0 Å². The van der Waals surface area contributed by atoms with E-state index >= 15 is 0 Å². The number of para-hydroxylation sites is 1. The van der Waals surface area contributed by atoms with Crippen LogP contribution in [0.3, 0.4) is 0 Å². The number of fused-ring (bicyclic) bond motifs is 1. The molecule has 1 aliphatic rings. The van der Waals surface area contributed by atoms with Crippen molar-refractivity contribution >= 4 is 34.7 Å². The average Bonchev–Trinajstić information content (AvgIpc) is 3.29. The van der Waals surface area contributed by atoms with Gasteiger partial charge in [-0.25, -0.2) is 9.59 Å². The van der Waals surface area contributed by atoms with Gasteiger partial charge in [-0.15, -0.1) is 0 Å². The number of ketones is 1. The van der Waals surface area contributed by atoms with E-state index in [9.17, 15) is 19.2 Å². The van der Waals surface area contributed by atoms with Crippen LogP contribution in [0.15, 0.2) is 60.8 Å². The van der Waals surface area contributed by atoms with Crippen molar-refractivity contribution in [3.05, 3.63) is 71.9 Å². The first-order chi connectivity index (χ1) is 17.0.